The summed E-state index contributed by atoms with van der Waals surface area (Å²) in [7, 11) is 4.74. The predicted molar refractivity (Wildman–Crippen MR) is 113 cm³/mol. The Labute approximate surface area is 172 Å². The van der Waals surface area contributed by atoms with E-state index in [0.717, 1.165) is 22.0 Å². The van der Waals surface area contributed by atoms with Crippen LogP contribution in [0.25, 0.3) is 39.3 Å². The Balaban J connectivity index is 1.70. The zero-order chi connectivity index (χ0) is 20.7. The molecule has 1 N–H and O–H groups in total. The first kappa shape index (κ1) is 18.0. The molecule has 0 aliphatic rings. The topological polar surface area (TPSA) is 86.6 Å². The fourth-order valence-electron chi connectivity index (χ4n) is 3.59. The van der Waals surface area contributed by atoms with Crippen molar-refractivity contribution in [1.82, 2.24) is 24.6 Å². The second kappa shape index (κ2) is 7.07. The van der Waals surface area contributed by atoms with Gasteiger partial charge in [-0.15, -0.1) is 5.10 Å². The molecule has 0 atom stereocenters. The summed E-state index contributed by atoms with van der Waals surface area (Å²) in [5, 5.41) is 5.81. The molecule has 5 aromatic rings. The van der Waals surface area contributed by atoms with E-state index in [-0.39, 0.29) is 0 Å². The molecule has 5 rings (SSSR count). The number of nitrogens with zero attached hydrogens (tertiary/aromatic N) is 4. The Morgan fingerprint density at radius 2 is 1.70 bits per heavy atom. The third-order valence-electron chi connectivity index (χ3n) is 5.01. The number of methoxy groups -OCH3 is 3. The maximum Gasteiger partial charge on any atom is 0.203 e. The summed E-state index contributed by atoms with van der Waals surface area (Å²) in [6, 6.07) is 13.6. The van der Waals surface area contributed by atoms with Crippen LogP contribution in [0.3, 0.4) is 0 Å². The van der Waals surface area contributed by atoms with Crippen molar-refractivity contribution >= 4 is 16.6 Å². The number of aromatic amines is 1. The Morgan fingerprint density at radius 3 is 2.43 bits per heavy atom. The molecule has 0 saturated carbocycles. The number of ether oxygens (including phenoxy) is 3. The fourth-order valence-corrected chi connectivity index (χ4v) is 3.59. The average Bonchev–Trinajstić information content (AvgIpc) is 3.41. The van der Waals surface area contributed by atoms with Crippen molar-refractivity contribution in [2.45, 2.75) is 0 Å². The summed E-state index contributed by atoms with van der Waals surface area (Å²) in [5.74, 6) is 2.85. The summed E-state index contributed by atoms with van der Waals surface area (Å²) in [4.78, 5) is 12.5. The van der Waals surface area contributed by atoms with Crippen molar-refractivity contribution < 1.29 is 14.2 Å². The molecular weight excluding hydrogens is 382 g/mol. The average molecular weight is 401 g/mol. The van der Waals surface area contributed by atoms with Crippen molar-refractivity contribution in [3.63, 3.8) is 0 Å². The third kappa shape index (κ3) is 2.73. The van der Waals surface area contributed by atoms with E-state index in [9.17, 15) is 0 Å². The van der Waals surface area contributed by atoms with Gasteiger partial charge in [0.2, 0.25) is 5.75 Å². The lowest BCUT2D eigenvalue weighted by molar-refractivity contribution is 0.324. The van der Waals surface area contributed by atoms with Gasteiger partial charge in [-0.1, -0.05) is 18.2 Å². The largest absolute Gasteiger partial charge is 0.493 e. The van der Waals surface area contributed by atoms with Crippen molar-refractivity contribution in [2.75, 3.05) is 21.3 Å². The van der Waals surface area contributed by atoms with Crippen LogP contribution in [0.5, 0.6) is 17.2 Å². The number of para-hydroxylation sites is 1. The first-order chi connectivity index (χ1) is 14.7. The molecule has 2 aromatic carbocycles. The Hall–Kier alpha value is -4.07. The first-order valence-corrected chi connectivity index (χ1v) is 9.32. The fraction of sp³-hybridized carbons (Fsp3) is 0.136. The molecule has 0 aliphatic heterocycles. The van der Waals surface area contributed by atoms with E-state index in [4.69, 9.17) is 24.3 Å². The van der Waals surface area contributed by atoms with Gasteiger partial charge >= 0.3 is 0 Å². The smallest absolute Gasteiger partial charge is 0.203 e. The molecule has 0 spiro atoms. The number of hydrogen-bond acceptors (Lipinski definition) is 6. The van der Waals surface area contributed by atoms with Gasteiger partial charge < -0.3 is 19.2 Å². The molecule has 30 heavy (non-hydrogen) atoms. The SMILES string of the molecule is COc1cc(-c2nccc3nc(-c4c[nH]c5ccccc45)nn23)cc(OC)c1OC. The van der Waals surface area contributed by atoms with Crippen LogP contribution in [0.4, 0.5) is 0 Å². The maximum atomic E-state index is 5.48. The zero-order valence-electron chi connectivity index (χ0n) is 16.7. The summed E-state index contributed by atoms with van der Waals surface area (Å²) >= 11 is 0. The maximum absolute atomic E-state index is 5.48. The standard InChI is InChI=1S/C22H19N5O3/c1-28-17-10-13(11-18(29-2)20(17)30-3)22-23-9-8-19-25-21(26-27(19)22)15-12-24-16-7-5-4-6-14(15)16/h4-12,24H,1-3H3. The quantitative estimate of drug-likeness (QED) is 0.480. The van der Waals surface area contributed by atoms with Crippen LogP contribution < -0.4 is 14.2 Å². The van der Waals surface area contributed by atoms with E-state index in [0.29, 0.717) is 34.5 Å². The van der Waals surface area contributed by atoms with Gasteiger partial charge in [0.05, 0.1) is 21.3 Å². The van der Waals surface area contributed by atoms with E-state index in [1.165, 1.54) is 0 Å². The number of aromatic nitrogens is 5. The predicted octanol–water partition coefficient (Wildman–Crippen LogP) is 3.97. The van der Waals surface area contributed by atoms with E-state index in [1.807, 2.05) is 48.7 Å². The number of rotatable bonds is 5. The summed E-state index contributed by atoms with van der Waals surface area (Å²) < 4.78 is 18.1. The molecule has 0 bridgehead atoms. The molecule has 8 heteroatoms. The molecule has 0 amide bonds. The molecule has 0 fully saturated rings. The van der Waals surface area contributed by atoms with E-state index >= 15 is 0 Å². The van der Waals surface area contributed by atoms with Gasteiger partial charge in [-0.2, -0.15) is 4.52 Å². The molecule has 0 saturated heterocycles. The van der Waals surface area contributed by atoms with Crippen LogP contribution in [0.15, 0.2) is 54.9 Å². The number of fused-ring (bicyclic) bond motifs is 2. The molecule has 0 aliphatic carbocycles. The molecule has 0 radical (unpaired) electrons. The molecule has 3 heterocycles. The molecule has 150 valence electrons. The monoisotopic (exact) mass is 401 g/mol. The van der Waals surface area contributed by atoms with Crippen LogP contribution in [-0.4, -0.2) is 45.9 Å². The van der Waals surface area contributed by atoms with E-state index in [1.54, 1.807) is 32.0 Å². The summed E-state index contributed by atoms with van der Waals surface area (Å²) in [6.07, 6.45) is 3.63. The normalized spacial score (nSPS) is 11.2. The summed E-state index contributed by atoms with van der Waals surface area (Å²) in [6.45, 7) is 0. The molecule has 8 nitrogen and oxygen atoms in total. The minimum Gasteiger partial charge on any atom is -0.493 e. The number of benzene rings is 2. The lowest BCUT2D eigenvalue weighted by Crippen LogP contribution is -2.00. The van der Waals surface area contributed by atoms with Crippen molar-refractivity contribution in [2.24, 2.45) is 0 Å². The van der Waals surface area contributed by atoms with Crippen molar-refractivity contribution in [1.29, 1.82) is 0 Å². The van der Waals surface area contributed by atoms with Gasteiger partial charge in [0.1, 0.15) is 0 Å². The number of H-pyrrole nitrogens is 1. The second-order valence-corrected chi connectivity index (χ2v) is 6.64. The highest BCUT2D eigenvalue weighted by Crippen LogP contribution is 2.40. The summed E-state index contributed by atoms with van der Waals surface area (Å²) in [5.41, 5.74) is 3.43. The van der Waals surface area contributed by atoms with Gasteiger partial charge in [0.15, 0.2) is 28.8 Å². The van der Waals surface area contributed by atoms with Crippen molar-refractivity contribution in [3.8, 4) is 40.0 Å². The minimum atomic E-state index is 0.522. The highest BCUT2D eigenvalue weighted by atomic mass is 16.5. The lowest BCUT2D eigenvalue weighted by Gasteiger charge is -2.14. The Kier molecular flexibility index (Phi) is 4.24. The number of hydrogen-bond donors (Lipinski definition) is 1. The van der Waals surface area contributed by atoms with Crippen LogP contribution in [0, 0.1) is 0 Å². The third-order valence-corrected chi connectivity index (χ3v) is 5.01. The Bertz CT molecular complexity index is 1350. The van der Waals surface area contributed by atoms with Crippen LogP contribution in [-0.2, 0) is 0 Å². The van der Waals surface area contributed by atoms with Crippen LogP contribution in [0.2, 0.25) is 0 Å². The molecule has 3 aromatic heterocycles. The van der Waals surface area contributed by atoms with Gasteiger partial charge in [-0.3, -0.25) is 0 Å². The van der Waals surface area contributed by atoms with E-state index in [2.05, 4.69) is 9.97 Å². The number of nitrogens with one attached hydrogen (secondary N) is 1. The molecule has 0 unspecified atom stereocenters. The van der Waals surface area contributed by atoms with Gasteiger partial charge in [-0.05, 0) is 18.2 Å². The zero-order valence-corrected chi connectivity index (χ0v) is 16.7. The highest BCUT2D eigenvalue weighted by Gasteiger charge is 2.18. The highest BCUT2D eigenvalue weighted by molar-refractivity contribution is 5.93. The van der Waals surface area contributed by atoms with E-state index < -0.39 is 0 Å². The Morgan fingerprint density at radius 1 is 0.933 bits per heavy atom. The second-order valence-electron chi connectivity index (χ2n) is 6.64. The van der Waals surface area contributed by atoms with Gasteiger partial charge in [0.25, 0.3) is 0 Å². The van der Waals surface area contributed by atoms with Gasteiger partial charge in [0, 0.05) is 40.5 Å². The lowest BCUT2D eigenvalue weighted by atomic mass is 10.1. The van der Waals surface area contributed by atoms with Crippen molar-refractivity contribution in [3.05, 3.63) is 54.9 Å². The van der Waals surface area contributed by atoms with Gasteiger partial charge in [-0.25, -0.2) is 9.97 Å². The first-order valence-electron chi connectivity index (χ1n) is 9.32. The molecular formula is C22H19N5O3. The van der Waals surface area contributed by atoms with Crippen LogP contribution >= 0.6 is 0 Å². The minimum absolute atomic E-state index is 0.522. The van der Waals surface area contributed by atoms with Crippen LogP contribution in [0.1, 0.15) is 0 Å².